The fourth-order valence-corrected chi connectivity index (χ4v) is 6.78. The molecule has 1 amide bonds. The second-order valence-electron chi connectivity index (χ2n) is 11.2. The van der Waals surface area contributed by atoms with Crippen molar-refractivity contribution >= 4 is 17.5 Å². The Morgan fingerprint density at radius 3 is 2.30 bits per heavy atom. The third-order valence-electron chi connectivity index (χ3n) is 8.67. The van der Waals surface area contributed by atoms with Gasteiger partial charge >= 0.3 is 0 Å². The van der Waals surface area contributed by atoms with Crippen LogP contribution in [0.5, 0.6) is 0 Å². The maximum atomic E-state index is 14.9. The van der Waals surface area contributed by atoms with E-state index in [-0.39, 0.29) is 30.4 Å². The number of aryl methyl sites for hydroxylation is 1. The van der Waals surface area contributed by atoms with Gasteiger partial charge in [0.25, 0.3) is 0 Å². The minimum atomic E-state index is -0.426. The second kappa shape index (κ2) is 11.2. The van der Waals surface area contributed by atoms with Gasteiger partial charge in [0.05, 0.1) is 12.1 Å². The summed E-state index contributed by atoms with van der Waals surface area (Å²) in [5, 5.41) is 0.700. The summed E-state index contributed by atoms with van der Waals surface area (Å²) in [6, 6.07) is 29.2. The van der Waals surface area contributed by atoms with Crippen LogP contribution in [-0.2, 0) is 30.6 Å². The average Bonchev–Trinajstić information content (AvgIpc) is 3.41. The molecule has 1 aliphatic carbocycles. The Hall–Kier alpha value is -3.47. The van der Waals surface area contributed by atoms with E-state index < -0.39 is 6.04 Å². The molecule has 1 aliphatic heterocycles. The molecule has 0 N–H and O–H groups in total. The SMILES string of the molecule is Cc1ccc(Cl)c(C2c3ccccc3CCN2C(C)C(=O)N(Cc2ccccc2F)C2Cc3ccccc3C2)c1. The van der Waals surface area contributed by atoms with Crippen LogP contribution in [0, 0.1) is 12.7 Å². The van der Waals surface area contributed by atoms with Crippen LogP contribution in [0.4, 0.5) is 4.39 Å². The van der Waals surface area contributed by atoms with Gasteiger partial charge in [-0.25, -0.2) is 4.39 Å². The van der Waals surface area contributed by atoms with Crippen molar-refractivity contribution in [2.45, 2.75) is 57.8 Å². The van der Waals surface area contributed by atoms with E-state index in [4.69, 9.17) is 11.6 Å². The monoisotopic (exact) mass is 552 g/mol. The zero-order chi connectivity index (χ0) is 27.8. The zero-order valence-corrected chi connectivity index (χ0v) is 23.7. The third kappa shape index (κ3) is 5.07. The average molecular weight is 553 g/mol. The first-order chi connectivity index (χ1) is 19.4. The lowest BCUT2D eigenvalue weighted by Crippen LogP contribution is -2.53. The van der Waals surface area contributed by atoms with E-state index >= 15 is 0 Å². The fraction of sp³-hybridized carbons (Fsp3) is 0.286. The second-order valence-corrected chi connectivity index (χ2v) is 11.6. The van der Waals surface area contributed by atoms with Crippen LogP contribution in [-0.4, -0.2) is 34.3 Å². The van der Waals surface area contributed by atoms with Crippen LogP contribution < -0.4 is 0 Å². The van der Waals surface area contributed by atoms with Crippen LogP contribution >= 0.6 is 11.6 Å². The number of nitrogens with zero attached hydrogens (tertiary/aromatic N) is 2. The number of halogens is 2. The summed E-state index contributed by atoms with van der Waals surface area (Å²) in [5.41, 5.74) is 7.70. The van der Waals surface area contributed by atoms with Gasteiger partial charge in [-0.1, -0.05) is 96.0 Å². The number of benzene rings is 4. The van der Waals surface area contributed by atoms with E-state index in [1.807, 2.05) is 42.2 Å². The van der Waals surface area contributed by atoms with Crippen molar-refractivity contribution < 1.29 is 9.18 Å². The molecule has 2 unspecified atom stereocenters. The number of fused-ring (bicyclic) bond motifs is 2. The summed E-state index contributed by atoms with van der Waals surface area (Å²) in [6.07, 6.45) is 2.41. The summed E-state index contributed by atoms with van der Waals surface area (Å²) < 4.78 is 14.9. The number of carbonyl (C=O) groups is 1. The maximum Gasteiger partial charge on any atom is 0.240 e. The standard InChI is InChI=1S/C35H34ClFN2O/c1-23-15-16-32(36)31(19-23)34-30-13-7-5-9-25(30)17-18-38(34)24(2)35(40)39(22-28-12-6-8-14-33(28)37)29-20-26-10-3-4-11-27(26)21-29/h3-16,19,24,29,34H,17-18,20-22H2,1-2H3. The van der Waals surface area contributed by atoms with Crippen molar-refractivity contribution in [3.8, 4) is 0 Å². The van der Waals surface area contributed by atoms with Gasteiger partial charge in [0, 0.05) is 29.7 Å². The molecule has 0 spiro atoms. The highest BCUT2D eigenvalue weighted by molar-refractivity contribution is 6.31. The molecule has 4 aromatic carbocycles. The van der Waals surface area contributed by atoms with Crippen molar-refractivity contribution in [2.24, 2.45) is 0 Å². The normalized spacial score (nSPS) is 17.8. The molecule has 5 heteroatoms. The Bertz CT molecular complexity index is 1530. The van der Waals surface area contributed by atoms with Gasteiger partial charge in [-0.3, -0.25) is 9.69 Å². The predicted molar refractivity (Wildman–Crippen MR) is 159 cm³/mol. The molecule has 40 heavy (non-hydrogen) atoms. The quantitative estimate of drug-likeness (QED) is 0.250. The number of amides is 1. The van der Waals surface area contributed by atoms with Crippen LogP contribution in [0.25, 0.3) is 0 Å². The van der Waals surface area contributed by atoms with Crippen molar-refractivity contribution in [1.82, 2.24) is 9.80 Å². The van der Waals surface area contributed by atoms with Crippen molar-refractivity contribution in [2.75, 3.05) is 6.54 Å². The Labute approximate surface area is 241 Å². The molecular weight excluding hydrogens is 519 g/mol. The van der Waals surface area contributed by atoms with Crippen molar-refractivity contribution in [3.05, 3.63) is 141 Å². The molecule has 0 aromatic heterocycles. The zero-order valence-electron chi connectivity index (χ0n) is 23.0. The summed E-state index contributed by atoms with van der Waals surface area (Å²) in [4.78, 5) is 18.8. The molecule has 3 nitrogen and oxygen atoms in total. The highest BCUT2D eigenvalue weighted by Gasteiger charge is 2.39. The van der Waals surface area contributed by atoms with E-state index in [9.17, 15) is 9.18 Å². The van der Waals surface area contributed by atoms with E-state index in [2.05, 4.69) is 54.3 Å². The molecule has 2 aliphatic rings. The molecular formula is C35H34ClFN2O. The van der Waals surface area contributed by atoms with Gasteiger partial charge in [0.15, 0.2) is 0 Å². The lowest BCUT2D eigenvalue weighted by atomic mass is 9.86. The Kier molecular flexibility index (Phi) is 7.48. The molecule has 0 radical (unpaired) electrons. The first kappa shape index (κ1) is 26.7. The largest absolute Gasteiger partial charge is 0.333 e. The van der Waals surface area contributed by atoms with Crippen LogP contribution in [0.15, 0.2) is 91.0 Å². The van der Waals surface area contributed by atoms with Gasteiger partial charge in [-0.15, -0.1) is 0 Å². The van der Waals surface area contributed by atoms with Gasteiger partial charge in [-0.05, 0) is 73.1 Å². The van der Waals surface area contributed by atoms with E-state index in [1.54, 1.807) is 12.1 Å². The van der Waals surface area contributed by atoms with Gasteiger partial charge in [0.2, 0.25) is 5.91 Å². The molecule has 0 saturated carbocycles. The van der Waals surface area contributed by atoms with Crippen LogP contribution in [0.3, 0.4) is 0 Å². The van der Waals surface area contributed by atoms with Gasteiger partial charge in [0.1, 0.15) is 5.82 Å². The van der Waals surface area contributed by atoms with Crippen molar-refractivity contribution in [3.63, 3.8) is 0 Å². The smallest absolute Gasteiger partial charge is 0.240 e. The molecule has 2 atom stereocenters. The minimum absolute atomic E-state index is 0.0224. The highest BCUT2D eigenvalue weighted by Crippen LogP contribution is 2.40. The van der Waals surface area contributed by atoms with Crippen LogP contribution in [0.1, 0.15) is 51.9 Å². The Morgan fingerprint density at radius 2 is 1.57 bits per heavy atom. The summed E-state index contributed by atoms with van der Waals surface area (Å²) in [6.45, 7) is 5.05. The summed E-state index contributed by atoms with van der Waals surface area (Å²) >= 11 is 6.82. The lowest BCUT2D eigenvalue weighted by Gasteiger charge is -2.43. The summed E-state index contributed by atoms with van der Waals surface area (Å²) in [7, 11) is 0. The van der Waals surface area contributed by atoms with E-state index in [0.29, 0.717) is 10.6 Å². The van der Waals surface area contributed by atoms with E-state index in [1.165, 1.54) is 28.3 Å². The van der Waals surface area contributed by atoms with Crippen molar-refractivity contribution in [1.29, 1.82) is 0 Å². The Balaban J connectivity index is 1.37. The molecule has 0 fully saturated rings. The third-order valence-corrected chi connectivity index (χ3v) is 9.02. The van der Waals surface area contributed by atoms with E-state index in [0.717, 1.165) is 36.9 Å². The first-order valence-corrected chi connectivity index (χ1v) is 14.5. The molecule has 0 bridgehead atoms. The number of hydrogen-bond donors (Lipinski definition) is 0. The molecule has 6 rings (SSSR count). The summed E-state index contributed by atoms with van der Waals surface area (Å²) in [5.74, 6) is -0.256. The molecule has 4 aromatic rings. The number of carbonyl (C=O) groups excluding carboxylic acids is 1. The highest BCUT2D eigenvalue weighted by atomic mass is 35.5. The molecule has 1 heterocycles. The lowest BCUT2D eigenvalue weighted by molar-refractivity contribution is -0.140. The first-order valence-electron chi connectivity index (χ1n) is 14.1. The Morgan fingerprint density at radius 1 is 0.925 bits per heavy atom. The predicted octanol–water partition coefficient (Wildman–Crippen LogP) is 7.32. The topological polar surface area (TPSA) is 23.6 Å². The molecule has 0 saturated heterocycles. The minimum Gasteiger partial charge on any atom is -0.333 e. The molecule has 204 valence electrons. The van der Waals surface area contributed by atoms with Crippen LogP contribution in [0.2, 0.25) is 5.02 Å². The number of rotatable bonds is 6. The maximum absolute atomic E-state index is 14.9. The number of hydrogen-bond acceptors (Lipinski definition) is 2. The van der Waals surface area contributed by atoms with Gasteiger partial charge in [-0.2, -0.15) is 0 Å². The fourth-order valence-electron chi connectivity index (χ4n) is 6.56. The van der Waals surface area contributed by atoms with Gasteiger partial charge < -0.3 is 4.90 Å².